The zero-order valence-electron chi connectivity index (χ0n) is 13.9. The summed E-state index contributed by atoms with van der Waals surface area (Å²) in [5.74, 6) is 0.847. The van der Waals surface area contributed by atoms with Gasteiger partial charge in [-0.15, -0.1) is 11.3 Å². The van der Waals surface area contributed by atoms with Crippen LogP contribution in [-0.2, 0) is 11.2 Å². The molecule has 0 aliphatic heterocycles. The second-order valence-electron chi connectivity index (χ2n) is 6.29. The molecule has 2 heterocycles. The first-order valence-electron chi connectivity index (χ1n) is 7.63. The molecule has 1 amide bonds. The van der Waals surface area contributed by atoms with Crippen molar-refractivity contribution in [3.05, 3.63) is 17.3 Å². The Morgan fingerprint density at radius 3 is 2.64 bits per heavy atom. The molecular formula is C16H24N4OS. The summed E-state index contributed by atoms with van der Waals surface area (Å²) >= 11 is 1.69. The fourth-order valence-corrected chi connectivity index (χ4v) is 3.22. The molecule has 120 valence electrons. The van der Waals surface area contributed by atoms with E-state index in [0.29, 0.717) is 6.54 Å². The predicted molar refractivity (Wildman–Crippen MR) is 92.6 cm³/mol. The van der Waals surface area contributed by atoms with E-state index in [1.807, 2.05) is 32.6 Å². The summed E-state index contributed by atoms with van der Waals surface area (Å²) in [6.07, 6.45) is 2.56. The lowest BCUT2D eigenvalue weighted by atomic mass is 10.1. The summed E-state index contributed by atoms with van der Waals surface area (Å²) in [7, 11) is 0. The van der Waals surface area contributed by atoms with E-state index >= 15 is 0 Å². The Balaban J connectivity index is 2.27. The number of hydrogen-bond donors (Lipinski definition) is 1. The molecule has 0 aliphatic rings. The molecule has 0 atom stereocenters. The average Bonchev–Trinajstić information content (AvgIpc) is 2.85. The fourth-order valence-electron chi connectivity index (χ4n) is 2.29. The van der Waals surface area contributed by atoms with Gasteiger partial charge in [0.1, 0.15) is 17.0 Å². The van der Waals surface area contributed by atoms with Gasteiger partial charge in [0.05, 0.1) is 11.9 Å². The fraction of sp³-hybridized carbons (Fsp3) is 0.562. The lowest BCUT2D eigenvalue weighted by molar-refractivity contribution is -0.121. The number of thiophene rings is 1. The van der Waals surface area contributed by atoms with Crippen LogP contribution in [0.5, 0.6) is 0 Å². The van der Waals surface area contributed by atoms with Crippen LogP contribution in [0, 0.1) is 0 Å². The van der Waals surface area contributed by atoms with E-state index < -0.39 is 0 Å². The Morgan fingerprint density at radius 1 is 1.32 bits per heavy atom. The van der Waals surface area contributed by atoms with Gasteiger partial charge in [0.15, 0.2) is 0 Å². The molecule has 0 saturated carbocycles. The largest absolute Gasteiger partial charge is 0.350 e. The summed E-state index contributed by atoms with van der Waals surface area (Å²) in [4.78, 5) is 25.2. The van der Waals surface area contributed by atoms with Crippen LogP contribution in [-0.4, -0.2) is 34.5 Å². The predicted octanol–water partition coefficient (Wildman–Crippen LogP) is 2.99. The number of amides is 1. The van der Waals surface area contributed by atoms with Crippen molar-refractivity contribution in [3.8, 4) is 0 Å². The highest BCUT2D eigenvalue weighted by molar-refractivity contribution is 7.18. The Bertz CT molecular complexity index is 660. The smallest absolute Gasteiger partial charge is 0.239 e. The number of carbonyl (C=O) groups excluding carboxylic acids is 1. The minimum absolute atomic E-state index is 0.00653. The van der Waals surface area contributed by atoms with Gasteiger partial charge >= 0.3 is 0 Å². The molecule has 0 unspecified atom stereocenters. The lowest BCUT2D eigenvalue weighted by Crippen LogP contribution is -2.46. The maximum Gasteiger partial charge on any atom is 0.239 e. The van der Waals surface area contributed by atoms with Crippen molar-refractivity contribution >= 4 is 33.3 Å². The number of nitrogens with zero attached hydrogens (tertiary/aromatic N) is 3. The molecule has 0 radical (unpaired) electrons. The highest BCUT2D eigenvalue weighted by atomic mass is 32.1. The quantitative estimate of drug-likeness (QED) is 0.920. The van der Waals surface area contributed by atoms with Gasteiger partial charge < -0.3 is 10.2 Å². The van der Waals surface area contributed by atoms with E-state index in [1.165, 1.54) is 4.88 Å². The second-order valence-corrected chi connectivity index (χ2v) is 7.41. The molecule has 0 aliphatic carbocycles. The first-order chi connectivity index (χ1) is 10.3. The van der Waals surface area contributed by atoms with Crippen LogP contribution in [0.1, 0.15) is 39.5 Å². The summed E-state index contributed by atoms with van der Waals surface area (Å²) in [6.45, 7) is 11.1. The van der Waals surface area contributed by atoms with Crippen LogP contribution in [0.25, 0.3) is 10.2 Å². The van der Waals surface area contributed by atoms with Crippen LogP contribution >= 0.6 is 11.3 Å². The van der Waals surface area contributed by atoms with Crippen LogP contribution in [0.2, 0.25) is 0 Å². The van der Waals surface area contributed by atoms with Crippen molar-refractivity contribution in [2.45, 2.75) is 46.6 Å². The van der Waals surface area contributed by atoms with Gasteiger partial charge in [-0.2, -0.15) is 0 Å². The minimum atomic E-state index is -0.227. The van der Waals surface area contributed by atoms with Gasteiger partial charge in [-0.3, -0.25) is 4.79 Å². The van der Waals surface area contributed by atoms with Gasteiger partial charge in [0, 0.05) is 17.0 Å². The molecule has 6 heteroatoms. The molecule has 2 aromatic heterocycles. The molecule has 0 bridgehead atoms. The number of rotatable bonds is 5. The van der Waals surface area contributed by atoms with E-state index in [1.54, 1.807) is 17.7 Å². The second kappa shape index (κ2) is 6.60. The monoisotopic (exact) mass is 320 g/mol. The highest BCUT2D eigenvalue weighted by Crippen LogP contribution is 2.30. The lowest BCUT2D eigenvalue weighted by Gasteiger charge is -2.25. The summed E-state index contributed by atoms with van der Waals surface area (Å²) in [6, 6.07) is 2.14. The molecule has 1 N–H and O–H groups in total. The average molecular weight is 320 g/mol. The molecule has 0 fully saturated rings. The number of aryl methyl sites for hydroxylation is 1. The number of likely N-dealkylation sites (N-methyl/N-ethyl adjacent to an activating group) is 1. The van der Waals surface area contributed by atoms with Gasteiger partial charge in [-0.1, -0.05) is 6.92 Å². The maximum atomic E-state index is 12.2. The summed E-state index contributed by atoms with van der Waals surface area (Å²) < 4.78 is 0. The molecule has 2 aromatic rings. The molecule has 2 rings (SSSR count). The molecule has 22 heavy (non-hydrogen) atoms. The molecule has 5 nitrogen and oxygen atoms in total. The topological polar surface area (TPSA) is 58.1 Å². The zero-order valence-corrected chi connectivity index (χ0v) is 14.8. The SMILES string of the molecule is CCc1cc2c(N(CC)CC(=O)NC(C)(C)C)ncnc2s1. The van der Waals surface area contributed by atoms with Crippen molar-refractivity contribution in [2.24, 2.45) is 0 Å². The van der Waals surface area contributed by atoms with E-state index in [9.17, 15) is 4.79 Å². The third-order valence-electron chi connectivity index (χ3n) is 3.24. The number of nitrogens with one attached hydrogen (secondary N) is 1. The van der Waals surface area contributed by atoms with Crippen LogP contribution in [0.15, 0.2) is 12.4 Å². The minimum Gasteiger partial charge on any atom is -0.350 e. The number of aromatic nitrogens is 2. The zero-order chi connectivity index (χ0) is 16.3. The van der Waals surface area contributed by atoms with Crippen LogP contribution in [0.4, 0.5) is 5.82 Å². The van der Waals surface area contributed by atoms with Gasteiger partial charge in [0.2, 0.25) is 5.91 Å². The Hall–Kier alpha value is -1.69. The molecule has 0 saturated heterocycles. The van der Waals surface area contributed by atoms with Gasteiger partial charge in [0.25, 0.3) is 0 Å². The standard InChI is InChI=1S/C16H24N4OS/c1-6-11-8-12-14(17-10-18-15(12)22-11)20(7-2)9-13(21)19-16(3,4)5/h8,10H,6-7,9H2,1-5H3,(H,19,21). The van der Waals surface area contributed by atoms with Gasteiger partial charge in [-0.05, 0) is 40.2 Å². The van der Waals surface area contributed by atoms with Crippen molar-refractivity contribution in [3.63, 3.8) is 0 Å². The third kappa shape index (κ3) is 3.94. The van der Waals surface area contributed by atoms with Crippen molar-refractivity contribution in [1.29, 1.82) is 0 Å². The molecule has 0 aromatic carbocycles. The van der Waals surface area contributed by atoms with Gasteiger partial charge in [-0.25, -0.2) is 9.97 Å². The normalized spacial score (nSPS) is 11.7. The first-order valence-corrected chi connectivity index (χ1v) is 8.45. The summed E-state index contributed by atoms with van der Waals surface area (Å²) in [5, 5.41) is 4.03. The van der Waals surface area contributed by atoms with E-state index in [-0.39, 0.29) is 11.4 Å². The van der Waals surface area contributed by atoms with Crippen molar-refractivity contribution in [1.82, 2.24) is 15.3 Å². The van der Waals surface area contributed by atoms with E-state index in [4.69, 9.17) is 0 Å². The first kappa shape index (κ1) is 16.7. The van der Waals surface area contributed by atoms with Crippen LogP contribution in [0.3, 0.4) is 0 Å². The Morgan fingerprint density at radius 2 is 2.05 bits per heavy atom. The number of carbonyl (C=O) groups is 1. The number of anilines is 1. The number of fused-ring (bicyclic) bond motifs is 1. The molecule has 0 spiro atoms. The maximum absolute atomic E-state index is 12.2. The van der Waals surface area contributed by atoms with Crippen LogP contribution < -0.4 is 10.2 Å². The van der Waals surface area contributed by atoms with E-state index in [0.717, 1.165) is 29.0 Å². The number of hydrogen-bond acceptors (Lipinski definition) is 5. The Kier molecular flexibility index (Phi) is 5.01. The van der Waals surface area contributed by atoms with Crippen molar-refractivity contribution in [2.75, 3.05) is 18.0 Å². The third-order valence-corrected chi connectivity index (χ3v) is 4.43. The van der Waals surface area contributed by atoms with Crippen molar-refractivity contribution < 1.29 is 4.79 Å². The Labute approximate surface area is 135 Å². The highest BCUT2D eigenvalue weighted by Gasteiger charge is 2.19. The summed E-state index contributed by atoms with van der Waals surface area (Å²) in [5.41, 5.74) is -0.227. The van der Waals surface area contributed by atoms with E-state index in [2.05, 4.69) is 28.3 Å². The molecular weight excluding hydrogens is 296 g/mol.